The van der Waals surface area contributed by atoms with Gasteiger partial charge < -0.3 is 19.5 Å². The standard InChI is InChI=1S/C31H27N3O5S/c1-17-5-11-23(18(2)13-17)33-29(35)27-19(3)32-31-34(28(27)21-7-9-22(37-4)10-8-21)30(36)26(40-31)15-20-6-12-24-25(14-20)39-16-38-24/h5-15,28H,16H2,1-4H3,(H,33,35)/b26-15+/t28-/m1/s1. The Labute approximate surface area is 234 Å². The van der Waals surface area contributed by atoms with Crippen LogP contribution in [0.5, 0.6) is 17.2 Å². The summed E-state index contributed by atoms with van der Waals surface area (Å²) in [6.45, 7) is 5.95. The van der Waals surface area contributed by atoms with Crippen molar-refractivity contribution in [2.45, 2.75) is 26.8 Å². The first-order valence-electron chi connectivity index (χ1n) is 12.8. The van der Waals surface area contributed by atoms with Gasteiger partial charge in [-0.25, -0.2) is 4.99 Å². The average molecular weight is 554 g/mol. The summed E-state index contributed by atoms with van der Waals surface area (Å²) >= 11 is 1.29. The van der Waals surface area contributed by atoms with Crippen molar-refractivity contribution in [1.29, 1.82) is 0 Å². The smallest absolute Gasteiger partial charge is 0.271 e. The summed E-state index contributed by atoms with van der Waals surface area (Å²) in [4.78, 5) is 33.0. The number of aryl methyl sites for hydroxylation is 2. The lowest BCUT2D eigenvalue weighted by Crippen LogP contribution is -2.40. The van der Waals surface area contributed by atoms with E-state index in [4.69, 9.17) is 19.2 Å². The molecule has 3 heterocycles. The van der Waals surface area contributed by atoms with Gasteiger partial charge in [-0.3, -0.25) is 14.2 Å². The number of benzene rings is 3. The number of hydrogen-bond acceptors (Lipinski definition) is 7. The van der Waals surface area contributed by atoms with Gasteiger partial charge in [0.25, 0.3) is 11.5 Å². The summed E-state index contributed by atoms with van der Waals surface area (Å²) < 4.78 is 18.4. The third-order valence-corrected chi connectivity index (χ3v) is 8.01. The molecule has 0 fully saturated rings. The van der Waals surface area contributed by atoms with Crippen LogP contribution in [0.1, 0.15) is 35.2 Å². The summed E-state index contributed by atoms with van der Waals surface area (Å²) in [5, 5.41) is 3.05. The third-order valence-electron chi connectivity index (χ3n) is 7.02. The van der Waals surface area contributed by atoms with Gasteiger partial charge in [0.1, 0.15) is 5.75 Å². The van der Waals surface area contributed by atoms with Gasteiger partial charge in [-0.05, 0) is 73.9 Å². The van der Waals surface area contributed by atoms with Gasteiger partial charge in [-0.15, -0.1) is 0 Å². The molecular weight excluding hydrogens is 526 g/mol. The Balaban J connectivity index is 1.48. The number of methoxy groups -OCH3 is 1. The Hall–Kier alpha value is -4.63. The normalized spacial score (nSPS) is 16.0. The summed E-state index contributed by atoms with van der Waals surface area (Å²) in [6.07, 6.45) is 1.81. The molecule has 0 aliphatic carbocycles. The quantitative estimate of drug-likeness (QED) is 0.400. The van der Waals surface area contributed by atoms with Crippen molar-refractivity contribution in [3.05, 3.63) is 114 Å². The van der Waals surface area contributed by atoms with Crippen molar-refractivity contribution in [3.63, 3.8) is 0 Å². The van der Waals surface area contributed by atoms with E-state index in [0.29, 0.717) is 43.5 Å². The second kappa shape index (κ2) is 10.2. The number of hydrogen-bond donors (Lipinski definition) is 1. The second-order valence-electron chi connectivity index (χ2n) is 9.74. The monoisotopic (exact) mass is 553 g/mol. The number of thiazole rings is 1. The van der Waals surface area contributed by atoms with Crippen LogP contribution in [0.15, 0.2) is 81.7 Å². The van der Waals surface area contributed by atoms with Crippen molar-refractivity contribution < 1.29 is 19.0 Å². The van der Waals surface area contributed by atoms with Gasteiger partial charge in [0.15, 0.2) is 16.3 Å². The molecule has 0 saturated carbocycles. The highest BCUT2D eigenvalue weighted by atomic mass is 32.1. The van der Waals surface area contributed by atoms with Crippen LogP contribution in [0.2, 0.25) is 0 Å². The molecule has 40 heavy (non-hydrogen) atoms. The Bertz CT molecular complexity index is 1870. The van der Waals surface area contributed by atoms with Crippen molar-refractivity contribution in [2.24, 2.45) is 4.99 Å². The fourth-order valence-electron chi connectivity index (χ4n) is 5.01. The first-order valence-corrected chi connectivity index (χ1v) is 13.6. The van der Waals surface area contributed by atoms with Crippen molar-refractivity contribution in [3.8, 4) is 17.2 Å². The minimum absolute atomic E-state index is 0.176. The fraction of sp³-hybridized carbons (Fsp3) is 0.194. The van der Waals surface area contributed by atoms with Crippen LogP contribution >= 0.6 is 11.3 Å². The van der Waals surface area contributed by atoms with E-state index in [1.54, 1.807) is 11.7 Å². The van der Waals surface area contributed by atoms with E-state index in [-0.39, 0.29) is 18.3 Å². The third kappa shape index (κ3) is 4.58. The van der Waals surface area contributed by atoms with Gasteiger partial charge in [0.05, 0.1) is 29.0 Å². The molecule has 3 aromatic carbocycles. The lowest BCUT2D eigenvalue weighted by atomic mass is 9.95. The number of allylic oxidation sites excluding steroid dienone is 1. The molecule has 202 valence electrons. The number of ether oxygens (including phenoxy) is 3. The van der Waals surface area contributed by atoms with E-state index < -0.39 is 6.04 Å². The number of amides is 1. The first kappa shape index (κ1) is 25.6. The zero-order chi connectivity index (χ0) is 28.0. The van der Waals surface area contributed by atoms with Gasteiger partial charge >= 0.3 is 0 Å². The van der Waals surface area contributed by atoms with E-state index in [1.165, 1.54) is 11.3 Å². The maximum Gasteiger partial charge on any atom is 0.271 e. The minimum Gasteiger partial charge on any atom is -0.497 e. The van der Waals surface area contributed by atoms with Crippen LogP contribution in [0, 0.1) is 13.8 Å². The largest absolute Gasteiger partial charge is 0.497 e. The molecular formula is C31H27N3O5S. The van der Waals surface area contributed by atoms with Gasteiger partial charge in [0, 0.05) is 5.69 Å². The fourth-order valence-corrected chi connectivity index (χ4v) is 6.06. The molecule has 4 aromatic rings. The number of nitrogens with zero attached hydrogens (tertiary/aromatic N) is 2. The maximum absolute atomic E-state index is 13.9. The highest BCUT2D eigenvalue weighted by Crippen LogP contribution is 2.34. The van der Waals surface area contributed by atoms with Crippen LogP contribution < -0.4 is 34.4 Å². The Morgan fingerprint density at radius 3 is 2.58 bits per heavy atom. The number of rotatable bonds is 5. The van der Waals surface area contributed by atoms with Gasteiger partial charge in [-0.1, -0.05) is 47.2 Å². The summed E-state index contributed by atoms with van der Waals surface area (Å²) in [7, 11) is 1.60. The van der Waals surface area contributed by atoms with Crippen LogP contribution in [-0.4, -0.2) is 24.4 Å². The van der Waals surface area contributed by atoms with Gasteiger partial charge in [0.2, 0.25) is 6.79 Å². The molecule has 0 unspecified atom stereocenters. The highest BCUT2D eigenvalue weighted by Gasteiger charge is 2.32. The lowest BCUT2D eigenvalue weighted by Gasteiger charge is -2.25. The number of carbonyl (C=O) groups excluding carboxylic acids is 1. The molecule has 8 nitrogen and oxygen atoms in total. The van der Waals surface area contributed by atoms with Crippen LogP contribution in [0.3, 0.4) is 0 Å². The second-order valence-corrected chi connectivity index (χ2v) is 10.7. The summed E-state index contributed by atoms with van der Waals surface area (Å²) in [5.41, 5.74) is 5.09. The molecule has 0 spiro atoms. The molecule has 1 aromatic heterocycles. The maximum atomic E-state index is 13.9. The van der Waals surface area contributed by atoms with Gasteiger partial charge in [-0.2, -0.15) is 0 Å². The molecule has 1 atom stereocenters. The zero-order valence-electron chi connectivity index (χ0n) is 22.5. The van der Waals surface area contributed by atoms with Crippen LogP contribution in [0.25, 0.3) is 6.08 Å². The number of aromatic nitrogens is 1. The molecule has 9 heteroatoms. The molecule has 2 aliphatic rings. The van der Waals surface area contributed by atoms with Crippen molar-refractivity contribution in [1.82, 2.24) is 4.57 Å². The summed E-state index contributed by atoms with van der Waals surface area (Å²) in [6, 6.07) is 18.1. The zero-order valence-corrected chi connectivity index (χ0v) is 23.3. The van der Waals surface area contributed by atoms with E-state index >= 15 is 0 Å². The van der Waals surface area contributed by atoms with Crippen LogP contribution in [0.4, 0.5) is 5.69 Å². The van der Waals surface area contributed by atoms with Crippen LogP contribution in [-0.2, 0) is 4.79 Å². The molecule has 0 bridgehead atoms. The Kier molecular flexibility index (Phi) is 6.51. The van der Waals surface area contributed by atoms with E-state index in [2.05, 4.69) is 5.32 Å². The lowest BCUT2D eigenvalue weighted by molar-refractivity contribution is -0.113. The molecule has 2 aliphatic heterocycles. The molecule has 6 rings (SSSR count). The molecule has 0 saturated heterocycles. The first-order chi connectivity index (χ1) is 19.3. The SMILES string of the molecule is COc1ccc([C@@H]2C(C(=O)Nc3ccc(C)cc3C)=C(C)N=c3s/c(=C/c4ccc5c(c4)OCO5)c(=O)n32)cc1. The van der Waals surface area contributed by atoms with Crippen molar-refractivity contribution >= 4 is 29.0 Å². The Morgan fingerprint density at radius 1 is 1.05 bits per heavy atom. The van der Waals surface area contributed by atoms with Crippen molar-refractivity contribution in [2.75, 3.05) is 19.2 Å². The number of carbonyl (C=O) groups is 1. The molecule has 1 N–H and O–H groups in total. The van der Waals surface area contributed by atoms with E-state index in [1.807, 2.05) is 87.5 Å². The summed E-state index contributed by atoms with van der Waals surface area (Å²) in [5.74, 6) is 1.69. The molecule has 0 radical (unpaired) electrons. The predicted molar refractivity (Wildman–Crippen MR) is 154 cm³/mol. The predicted octanol–water partition coefficient (Wildman–Crippen LogP) is 4.23. The highest BCUT2D eigenvalue weighted by molar-refractivity contribution is 7.07. The average Bonchev–Trinajstić information content (AvgIpc) is 3.53. The van der Waals surface area contributed by atoms with E-state index in [9.17, 15) is 9.59 Å². The van der Waals surface area contributed by atoms with E-state index in [0.717, 1.165) is 22.3 Å². The number of fused-ring (bicyclic) bond motifs is 2. The Morgan fingerprint density at radius 2 is 1.82 bits per heavy atom. The number of nitrogens with one attached hydrogen (secondary N) is 1. The topological polar surface area (TPSA) is 91.2 Å². The molecule has 1 amide bonds. The minimum atomic E-state index is -0.674. The number of anilines is 1.